The molecule has 15 heavy (non-hydrogen) atoms. The molecule has 0 aliphatic heterocycles. The van der Waals surface area contributed by atoms with Crippen molar-refractivity contribution in [2.24, 2.45) is 5.73 Å². The molecule has 1 atom stereocenters. The molecule has 0 aliphatic rings. The molecule has 1 unspecified atom stereocenters. The molecular formula is C9H10N4O2. The number of carbonyl (C=O) groups is 1. The molecule has 0 spiro atoms. The number of rotatable bonds is 3. The Labute approximate surface area is 85.4 Å². The highest BCUT2D eigenvalue weighted by molar-refractivity contribution is 5.73. The number of aliphatic carboxylic acids is 1. The fourth-order valence-electron chi connectivity index (χ4n) is 1.31. The Kier molecular flexibility index (Phi) is 2.34. The first-order valence-electron chi connectivity index (χ1n) is 4.43. The van der Waals surface area contributed by atoms with Crippen molar-refractivity contribution in [3.63, 3.8) is 0 Å². The van der Waals surface area contributed by atoms with Crippen molar-refractivity contribution in [1.82, 2.24) is 14.4 Å². The molecule has 2 aromatic heterocycles. The van der Waals surface area contributed by atoms with Gasteiger partial charge < -0.3 is 10.8 Å². The van der Waals surface area contributed by atoms with Crippen LogP contribution in [0.3, 0.4) is 0 Å². The maximum absolute atomic E-state index is 10.5. The first kappa shape index (κ1) is 9.60. The van der Waals surface area contributed by atoms with Crippen molar-refractivity contribution in [3.8, 4) is 0 Å². The molecule has 2 heterocycles. The van der Waals surface area contributed by atoms with Gasteiger partial charge in [0.2, 0.25) is 0 Å². The largest absolute Gasteiger partial charge is 0.480 e. The van der Waals surface area contributed by atoms with Crippen LogP contribution in [0.25, 0.3) is 5.65 Å². The molecule has 6 heteroatoms. The minimum atomic E-state index is -1.02. The summed E-state index contributed by atoms with van der Waals surface area (Å²) < 4.78 is 1.73. The van der Waals surface area contributed by atoms with Gasteiger partial charge in [-0.2, -0.15) is 0 Å². The van der Waals surface area contributed by atoms with Crippen molar-refractivity contribution < 1.29 is 9.90 Å². The van der Waals surface area contributed by atoms with Gasteiger partial charge in [-0.1, -0.05) is 0 Å². The molecule has 2 rings (SSSR count). The second-order valence-electron chi connectivity index (χ2n) is 3.23. The summed E-state index contributed by atoms with van der Waals surface area (Å²) in [5.74, 6) is -1.02. The number of hydrogen-bond donors (Lipinski definition) is 2. The van der Waals surface area contributed by atoms with Crippen LogP contribution >= 0.6 is 0 Å². The number of carboxylic acid groups (broad SMARTS) is 1. The quantitative estimate of drug-likeness (QED) is 0.718. The van der Waals surface area contributed by atoms with Crippen molar-refractivity contribution in [3.05, 3.63) is 30.5 Å². The molecule has 6 nitrogen and oxygen atoms in total. The van der Waals surface area contributed by atoms with E-state index in [9.17, 15) is 4.79 Å². The molecule has 0 fully saturated rings. The van der Waals surface area contributed by atoms with Gasteiger partial charge in [-0.3, -0.25) is 9.20 Å². The lowest BCUT2D eigenvalue weighted by Crippen LogP contribution is -2.32. The molecular weight excluding hydrogens is 196 g/mol. The first-order valence-corrected chi connectivity index (χ1v) is 4.43. The molecule has 78 valence electrons. The van der Waals surface area contributed by atoms with Crippen molar-refractivity contribution in [1.29, 1.82) is 0 Å². The van der Waals surface area contributed by atoms with Crippen molar-refractivity contribution in [2.45, 2.75) is 12.5 Å². The van der Waals surface area contributed by atoms with Gasteiger partial charge in [0, 0.05) is 18.8 Å². The molecule has 3 N–H and O–H groups in total. The van der Waals surface area contributed by atoms with Crippen molar-refractivity contribution >= 4 is 11.6 Å². The number of nitrogens with two attached hydrogens (primary N) is 1. The fraction of sp³-hybridized carbons (Fsp3) is 0.222. The van der Waals surface area contributed by atoms with E-state index in [0.29, 0.717) is 5.69 Å². The van der Waals surface area contributed by atoms with Crippen LogP contribution in [0.2, 0.25) is 0 Å². The van der Waals surface area contributed by atoms with E-state index in [1.807, 2.05) is 0 Å². The average molecular weight is 206 g/mol. The Morgan fingerprint density at radius 1 is 1.67 bits per heavy atom. The van der Waals surface area contributed by atoms with E-state index in [0.717, 1.165) is 5.65 Å². The van der Waals surface area contributed by atoms with Gasteiger partial charge in [-0.05, 0) is 6.07 Å². The maximum Gasteiger partial charge on any atom is 0.320 e. The Bertz CT molecular complexity index is 461. The van der Waals surface area contributed by atoms with Gasteiger partial charge in [-0.25, -0.2) is 9.97 Å². The third-order valence-corrected chi connectivity index (χ3v) is 2.06. The van der Waals surface area contributed by atoms with Crippen LogP contribution in [-0.2, 0) is 11.2 Å². The molecule has 0 aromatic carbocycles. The van der Waals surface area contributed by atoms with E-state index in [4.69, 9.17) is 10.8 Å². The molecule has 0 saturated carbocycles. The Balaban J connectivity index is 2.26. The maximum atomic E-state index is 10.5. The lowest BCUT2D eigenvalue weighted by Gasteiger charge is -2.01. The average Bonchev–Trinajstić information content (AvgIpc) is 2.59. The van der Waals surface area contributed by atoms with Gasteiger partial charge >= 0.3 is 5.97 Å². The number of hydrogen-bond acceptors (Lipinski definition) is 4. The van der Waals surface area contributed by atoms with Crippen LogP contribution in [0.5, 0.6) is 0 Å². The molecule has 0 aliphatic carbocycles. The van der Waals surface area contributed by atoms with E-state index >= 15 is 0 Å². The highest BCUT2D eigenvalue weighted by Gasteiger charge is 2.13. The third kappa shape index (κ3) is 1.94. The van der Waals surface area contributed by atoms with Crippen LogP contribution in [-0.4, -0.2) is 31.5 Å². The number of carboxylic acids is 1. The Morgan fingerprint density at radius 2 is 2.47 bits per heavy atom. The standard InChI is InChI=1S/C9H10N4O2/c10-7(9(14)15)3-6-4-13-5-11-2-1-8(13)12-6/h1-2,4-5,7H,3,10H2,(H,14,15). The second kappa shape index (κ2) is 3.66. The summed E-state index contributed by atoms with van der Waals surface area (Å²) in [6, 6.07) is 0.832. The summed E-state index contributed by atoms with van der Waals surface area (Å²) in [5, 5.41) is 8.65. The molecule has 0 radical (unpaired) electrons. The number of nitrogens with zero attached hydrogens (tertiary/aromatic N) is 3. The van der Waals surface area contributed by atoms with Crippen molar-refractivity contribution in [2.75, 3.05) is 0 Å². The Morgan fingerprint density at radius 3 is 3.13 bits per heavy atom. The zero-order valence-corrected chi connectivity index (χ0v) is 7.87. The zero-order chi connectivity index (χ0) is 10.8. The first-order chi connectivity index (χ1) is 7.16. The number of imidazole rings is 1. The van der Waals surface area contributed by atoms with Crippen LogP contribution in [0.15, 0.2) is 24.8 Å². The van der Waals surface area contributed by atoms with Crippen LogP contribution in [0.1, 0.15) is 5.69 Å². The SMILES string of the molecule is NC(Cc1cn2cnccc2n1)C(=O)O. The monoisotopic (exact) mass is 206 g/mol. The number of fused-ring (bicyclic) bond motifs is 1. The topological polar surface area (TPSA) is 93.5 Å². The van der Waals surface area contributed by atoms with Gasteiger partial charge in [0.1, 0.15) is 18.0 Å². The van der Waals surface area contributed by atoms with Gasteiger partial charge in [0.05, 0.1) is 5.69 Å². The Hall–Kier alpha value is -1.95. The summed E-state index contributed by atoms with van der Waals surface area (Å²) in [7, 11) is 0. The summed E-state index contributed by atoms with van der Waals surface area (Å²) in [4.78, 5) is 18.7. The summed E-state index contributed by atoms with van der Waals surface area (Å²) in [6.07, 6.45) is 5.18. The normalized spacial score (nSPS) is 12.9. The smallest absolute Gasteiger partial charge is 0.320 e. The molecule has 0 saturated heterocycles. The summed E-state index contributed by atoms with van der Waals surface area (Å²) in [5.41, 5.74) is 6.79. The van der Waals surface area contributed by atoms with E-state index < -0.39 is 12.0 Å². The zero-order valence-electron chi connectivity index (χ0n) is 7.87. The van der Waals surface area contributed by atoms with E-state index in [1.54, 1.807) is 29.2 Å². The lowest BCUT2D eigenvalue weighted by molar-refractivity contribution is -0.138. The predicted octanol–water partition coefficient (Wildman–Crippen LogP) is -0.316. The molecule has 0 bridgehead atoms. The van der Waals surface area contributed by atoms with Crippen LogP contribution in [0, 0.1) is 0 Å². The molecule has 2 aromatic rings. The van der Waals surface area contributed by atoms with E-state index in [-0.39, 0.29) is 6.42 Å². The van der Waals surface area contributed by atoms with E-state index in [2.05, 4.69) is 9.97 Å². The van der Waals surface area contributed by atoms with Crippen LogP contribution in [0.4, 0.5) is 0 Å². The minimum Gasteiger partial charge on any atom is -0.480 e. The van der Waals surface area contributed by atoms with Gasteiger partial charge in [0.25, 0.3) is 0 Å². The third-order valence-electron chi connectivity index (χ3n) is 2.06. The van der Waals surface area contributed by atoms with Crippen LogP contribution < -0.4 is 5.73 Å². The van der Waals surface area contributed by atoms with Gasteiger partial charge in [0.15, 0.2) is 0 Å². The highest BCUT2D eigenvalue weighted by Crippen LogP contribution is 2.05. The summed E-state index contributed by atoms with van der Waals surface area (Å²) >= 11 is 0. The minimum absolute atomic E-state index is 0.219. The predicted molar refractivity (Wildman–Crippen MR) is 52.3 cm³/mol. The lowest BCUT2D eigenvalue weighted by atomic mass is 10.2. The number of aromatic nitrogens is 3. The van der Waals surface area contributed by atoms with Gasteiger partial charge in [-0.15, -0.1) is 0 Å². The summed E-state index contributed by atoms with van der Waals surface area (Å²) in [6.45, 7) is 0. The fourth-order valence-corrected chi connectivity index (χ4v) is 1.31. The highest BCUT2D eigenvalue weighted by atomic mass is 16.4. The second-order valence-corrected chi connectivity index (χ2v) is 3.23. The van der Waals surface area contributed by atoms with E-state index in [1.165, 1.54) is 0 Å². The molecule has 0 amide bonds.